The van der Waals surface area contributed by atoms with Gasteiger partial charge in [0.25, 0.3) is 11.8 Å². The molecule has 0 unspecified atom stereocenters. The maximum Gasteiger partial charge on any atom is 0.274 e. The highest BCUT2D eigenvalue weighted by Gasteiger charge is 2.30. The summed E-state index contributed by atoms with van der Waals surface area (Å²) in [5, 5.41) is 10.9. The Morgan fingerprint density at radius 3 is 2.68 bits per heavy atom. The molecule has 0 saturated carbocycles. The molecule has 140 valence electrons. The number of hydrogen-bond acceptors (Lipinski definition) is 5. The maximum absolute atomic E-state index is 13.5. The molecule has 0 radical (unpaired) electrons. The Bertz CT molecular complexity index is 1050. The number of anilines is 1. The van der Waals surface area contributed by atoms with Crippen LogP contribution in [0.5, 0.6) is 0 Å². The Balaban J connectivity index is 1.75. The largest absolute Gasteiger partial charge is 0.308 e. The SMILES string of the molecule is O=C(NO)c1cccc2c1CCN2C(=O)C(=Cc1ccncc1)c1cccs1. The first kappa shape index (κ1) is 18.1. The van der Waals surface area contributed by atoms with Gasteiger partial charge in [-0.25, -0.2) is 5.48 Å². The first-order valence-electron chi connectivity index (χ1n) is 8.73. The van der Waals surface area contributed by atoms with Gasteiger partial charge in [0.1, 0.15) is 0 Å². The van der Waals surface area contributed by atoms with Crippen LogP contribution in [0, 0.1) is 0 Å². The van der Waals surface area contributed by atoms with Crippen LogP contribution in [0.2, 0.25) is 0 Å². The fraction of sp³-hybridized carbons (Fsp3) is 0.0952. The van der Waals surface area contributed by atoms with Crippen LogP contribution in [-0.2, 0) is 11.2 Å². The summed E-state index contributed by atoms with van der Waals surface area (Å²) in [6, 6.07) is 12.7. The quantitative estimate of drug-likeness (QED) is 0.406. The molecule has 1 aliphatic rings. The number of hydroxylamine groups is 1. The van der Waals surface area contributed by atoms with Crippen LogP contribution >= 0.6 is 11.3 Å². The number of carbonyl (C=O) groups is 2. The van der Waals surface area contributed by atoms with Crippen molar-refractivity contribution in [3.63, 3.8) is 0 Å². The number of aromatic nitrogens is 1. The first-order chi connectivity index (χ1) is 13.7. The van der Waals surface area contributed by atoms with Crippen molar-refractivity contribution in [2.24, 2.45) is 0 Å². The molecule has 0 spiro atoms. The smallest absolute Gasteiger partial charge is 0.274 e. The highest BCUT2D eigenvalue weighted by atomic mass is 32.1. The second kappa shape index (κ2) is 7.75. The van der Waals surface area contributed by atoms with E-state index in [1.54, 1.807) is 34.9 Å². The van der Waals surface area contributed by atoms with Crippen molar-refractivity contribution in [3.8, 4) is 0 Å². The molecular weight excluding hydrogens is 374 g/mol. The number of benzene rings is 1. The third kappa shape index (κ3) is 3.33. The molecule has 2 amide bonds. The topological polar surface area (TPSA) is 82.5 Å². The normalized spacial score (nSPS) is 13.3. The second-order valence-corrected chi connectivity index (χ2v) is 7.21. The zero-order valence-corrected chi connectivity index (χ0v) is 15.6. The average molecular weight is 391 g/mol. The Morgan fingerprint density at radius 2 is 1.96 bits per heavy atom. The number of amides is 2. The van der Waals surface area contributed by atoms with Gasteiger partial charge in [0, 0.05) is 35.1 Å². The summed E-state index contributed by atoms with van der Waals surface area (Å²) in [7, 11) is 0. The zero-order valence-electron chi connectivity index (χ0n) is 14.8. The minimum absolute atomic E-state index is 0.125. The summed E-state index contributed by atoms with van der Waals surface area (Å²) >= 11 is 1.50. The lowest BCUT2D eigenvalue weighted by Crippen LogP contribution is -2.29. The highest BCUT2D eigenvalue weighted by molar-refractivity contribution is 7.11. The second-order valence-electron chi connectivity index (χ2n) is 6.27. The van der Waals surface area contributed by atoms with Gasteiger partial charge in [-0.05, 0) is 59.3 Å². The average Bonchev–Trinajstić information content (AvgIpc) is 3.41. The minimum Gasteiger partial charge on any atom is -0.308 e. The van der Waals surface area contributed by atoms with Crippen LogP contribution in [-0.4, -0.2) is 28.6 Å². The molecular formula is C21H17N3O3S. The Hall–Kier alpha value is -3.29. The number of nitrogens with zero attached hydrogens (tertiary/aromatic N) is 2. The van der Waals surface area contributed by atoms with E-state index < -0.39 is 5.91 Å². The number of thiophene rings is 1. The van der Waals surface area contributed by atoms with E-state index in [1.807, 2.05) is 41.8 Å². The lowest BCUT2D eigenvalue weighted by Gasteiger charge is -2.19. The van der Waals surface area contributed by atoms with E-state index in [0.29, 0.717) is 29.8 Å². The molecule has 2 N–H and O–H groups in total. The van der Waals surface area contributed by atoms with Crippen molar-refractivity contribution in [2.75, 3.05) is 11.4 Å². The van der Waals surface area contributed by atoms with Crippen molar-refractivity contribution in [1.82, 2.24) is 10.5 Å². The fourth-order valence-corrected chi connectivity index (χ4v) is 4.09. The number of nitrogens with one attached hydrogen (secondary N) is 1. The molecule has 28 heavy (non-hydrogen) atoms. The Morgan fingerprint density at radius 1 is 1.14 bits per heavy atom. The molecule has 0 aliphatic carbocycles. The van der Waals surface area contributed by atoms with Gasteiger partial charge in [-0.3, -0.25) is 19.8 Å². The molecule has 3 aromatic rings. The third-order valence-electron chi connectivity index (χ3n) is 4.65. The van der Waals surface area contributed by atoms with Gasteiger partial charge in [-0.2, -0.15) is 0 Å². The third-order valence-corrected chi connectivity index (χ3v) is 5.56. The van der Waals surface area contributed by atoms with E-state index in [0.717, 1.165) is 16.0 Å². The fourth-order valence-electron chi connectivity index (χ4n) is 3.36. The summed E-state index contributed by atoms with van der Waals surface area (Å²) in [6.07, 6.45) is 5.79. The minimum atomic E-state index is -0.572. The molecule has 0 fully saturated rings. The van der Waals surface area contributed by atoms with E-state index in [-0.39, 0.29) is 5.91 Å². The van der Waals surface area contributed by atoms with E-state index in [1.165, 1.54) is 11.3 Å². The highest BCUT2D eigenvalue weighted by Crippen LogP contribution is 2.34. The predicted octanol–water partition coefficient (Wildman–Crippen LogP) is 3.39. The summed E-state index contributed by atoms with van der Waals surface area (Å²) < 4.78 is 0. The molecule has 7 heteroatoms. The summed E-state index contributed by atoms with van der Waals surface area (Å²) in [6.45, 7) is 0.475. The van der Waals surface area contributed by atoms with Crippen LogP contribution in [0.1, 0.15) is 26.4 Å². The Labute approximate surface area is 165 Å². The zero-order chi connectivity index (χ0) is 19.5. The van der Waals surface area contributed by atoms with Crippen molar-refractivity contribution in [1.29, 1.82) is 0 Å². The molecule has 1 aromatic carbocycles. The first-order valence-corrected chi connectivity index (χ1v) is 9.61. The maximum atomic E-state index is 13.5. The molecule has 3 heterocycles. The summed E-state index contributed by atoms with van der Waals surface area (Å²) in [5.41, 5.74) is 4.99. The van der Waals surface area contributed by atoms with E-state index in [4.69, 9.17) is 5.21 Å². The van der Waals surface area contributed by atoms with Crippen molar-refractivity contribution >= 4 is 40.5 Å². The van der Waals surface area contributed by atoms with Crippen LogP contribution in [0.3, 0.4) is 0 Å². The van der Waals surface area contributed by atoms with Crippen molar-refractivity contribution < 1.29 is 14.8 Å². The lowest BCUT2D eigenvalue weighted by atomic mass is 10.0. The molecule has 1 aliphatic heterocycles. The van der Waals surface area contributed by atoms with E-state index in [2.05, 4.69) is 4.98 Å². The predicted molar refractivity (Wildman–Crippen MR) is 108 cm³/mol. The monoisotopic (exact) mass is 391 g/mol. The van der Waals surface area contributed by atoms with Crippen LogP contribution in [0.4, 0.5) is 5.69 Å². The van der Waals surface area contributed by atoms with Crippen LogP contribution < -0.4 is 10.4 Å². The molecule has 6 nitrogen and oxygen atoms in total. The molecule has 0 saturated heterocycles. The van der Waals surface area contributed by atoms with Gasteiger partial charge in [0.05, 0.1) is 5.57 Å². The lowest BCUT2D eigenvalue weighted by molar-refractivity contribution is -0.113. The summed E-state index contributed by atoms with van der Waals surface area (Å²) in [4.78, 5) is 32.0. The standard InChI is InChI=1S/C21H17N3O3S/c25-20(23-27)16-3-1-4-18-15(16)8-11-24(18)21(26)17(19-5-2-12-28-19)13-14-6-9-22-10-7-14/h1-7,9-10,12-13,27H,8,11H2,(H,23,25). The molecule has 2 aromatic heterocycles. The van der Waals surface area contributed by atoms with Gasteiger partial charge in [-0.15, -0.1) is 11.3 Å². The van der Waals surface area contributed by atoms with Gasteiger partial charge >= 0.3 is 0 Å². The van der Waals surface area contributed by atoms with Gasteiger partial charge in [0.2, 0.25) is 0 Å². The van der Waals surface area contributed by atoms with Crippen LogP contribution in [0.15, 0.2) is 60.2 Å². The van der Waals surface area contributed by atoms with Crippen LogP contribution in [0.25, 0.3) is 11.6 Å². The Kier molecular flexibility index (Phi) is 5.01. The molecule has 0 bridgehead atoms. The van der Waals surface area contributed by atoms with Crippen molar-refractivity contribution in [3.05, 3.63) is 81.8 Å². The molecule has 0 atom stereocenters. The number of rotatable bonds is 4. The number of fused-ring (bicyclic) bond motifs is 1. The van der Waals surface area contributed by atoms with Crippen molar-refractivity contribution in [2.45, 2.75) is 6.42 Å². The number of carbonyl (C=O) groups excluding carboxylic acids is 2. The van der Waals surface area contributed by atoms with Gasteiger partial charge < -0.3 is 4.90 Å². The van der Waals surface area contributed by atoms with Gasteiger partial charge in [0.15, 0.2) is 0 Å². The summed E-state index contributed by atoms with van der Waals surface area (Å²) in [5.74, 6) is -0.698. The molecule has 4 rings (SSSR count). The van der Waals surface area contributed by atoms with E-state index in [9.17, 15) is 9.59 Å². The number of pyridine rings is 1. The number of hydrogen-bond donors (Lipinski definition) is 2. The van der Waals surface area contributed by atoms with E-state index >= 15 is 0 Å². The van der Waals surface area contributed by atoms with Gasteiger partial charge in [-0.1, -0.05) is 12.1 Å².